The molecule has 0 spiro atoms. The lowest BCUT2D eigenvalue weighted by Crippen LogP contribution is -2.43. The number of nitrogens with zero attached hydrogens (tertiary/aromatic N) is 1. The monoisotopic (exact) mass is 394 g/mol. The largest absolute Gasteiger partial charge is 0.497 e. The van der Waals surface area contributed by atoms with Gasteiger partial charge in [0.15, 0.2) is 0 Å². The molecule has 1 unspecified atom stereocenters. The molecule has 6 nitrogen and oxygen atoms in total. The van der Waals surface area contributed by atoms with E-state index in [1.165, 1.54) is 28.6 Å². The van der Waals surface area contributed by atoms with Crippen molar-refractivity contribution in [1.82, 2.24) is 9.62 Å². The molecular formula is C18H19ClN2O4S. The van der Waals surface area contributed by atoms with Gasteiger partial charge in [0.2, 0.25) is 15.9 Å². The smallest absolute Gasteiger partial charge is 0.244 e. The van der Waals surface area contributed by atoms with Gasteiger partial charge in [0.25, 0.3) is 0 Å². The average Bonchev–Trinajstić information content (AvgIpc) is 3.06. The molecular weight excluding hydrogens is 376 g/mol. The standard InChI is InChI=1S/C18H19ClN2O4S/c1-25-15-6-2-13(3-7-15)12-21(17-10-11-20-18(17)22)26(23,24)16-8-4-14(19)5-9-16/h2-9,17H,10-12H2,1H3,(H,20,22). The zero-order chi connectivity index (χ0) is 18.7. The van der Waals surface area contributed by atoms with E-state index in [1.54, 1.807) is 31.4 Å². The minimum absolute atomic E-state index is 0.0903. The first-order valence-corrected chi connectivity index (χ1v) is 9.91. The number of benzene rings is 2. The van der Waals surface area contributed by atoms with Crippen molar-refractivity contribution >= 4 is 27.5 Å². The molecule has 1 heterocycles. The zero-order valence-corrected chi connectivity index (χ0v) is 15.8. The molecule has 2 aromatic rings. The van der Waals surface area contributed by atoms with E-state index in [0.717, 1.165) is 5.56 Å². The van der Waals surface area contributed by atoms with Crippen LogP contribution >= 0.6 is 11.6 Å². The molecule has 0 bridgehead atoms. The molecule has 8 heteroatoms. The van der Waals surface area contributed by atoms with Crippen LogP contribution < -0.4 is 10.1 Å². The number of rotatable bonds is 6. The Hall–Kier alpha value is -2.09. The molecule has 0 aromatic heterocycles. The summed E-state index contributed by atoms with van der Waals surface area (Å²) in [5.41, 5.74) is 0.767. The number of sulfonamides is 1. The van der Waals surface area contributed by atoms with E-state index < -0.39 is 16.1 Å². The third-order valence-electron chi connectivity index (χ3n) is 4.28. The van der Waals surface area contributed by atoms with Gasteiger partial charge in [0, 0.05) is 18.1 Å². The van der Waals surface area contributed by atoms with Gasteiger partial charge in [-0.3, -0.25) is 4.79 Å². The Morgan fingerprint density at radius 1 is 1.15 bits per heavy atom. The molecule has 1 amide bonds. The number of methoxy groups -OCH3 is 1. The maximum absolute atomic E-state index is 13.2. The number of hydrogen-bond acceptors (Lipinski definition) is 4. The van der Waals surface area contributed by atoms with E-state index in [9.17, 15) is 13.2 Å². The van der Waals surface area contributed by atoms with Crippen LogP contribution in [0.15, 0.2) is 53.4 Å². The average molecular weight is 395 g/mol. The van der Waals surface area contributed by atoms with Gasteiger partial charge in [-0.05, 0) is 48.4 Å². The van der Waals surface area contributed by atoms with E-state index in [4.69, 9.17) is 16.3 Å². The van der Waals surface area contributed by atoms with Crippen LogP contribution in [0, 0.1) is 0 Å². The fourth-order valence-corrected chi connectivity index (χ4v) is 4.60. The van der Waals surface area contributed by atoms with Gasteiger partial charge in [-0.25, -0.2) is 8.42 Å². The Kier molecular flexibility index (Phi) is 5.50. The van der Waals surface area contributed by atoms with Gasteiger partial charge in [-0.1, -0.05) is 23.7 Å². The lowest BCUT2D eigenvalue weighted by Gasteiger charge is -2.26. The van der Waals surface area contributed by atoms with Crippen molar-refractivity contribution in [2.45, 2.75) is 23.9 Å². The topological polar surface area (TPSA) is 75.7 Å². The molecule has 0 saturated carbocycles. The van der Waals surface area contributed by atoms with E-state index >= 15 is 0 Å². The van der Waals surface area contributed by atoms with Crippen LogP contribution in [0.3, 0.4) is 0 Å². The van der Waals surface area contributed by atoms with Crippen molar-refractivity contribution in [2.75, 3.05) is 13.7 Å². The van der Waals surface area contributed by atoms with Gasteiger partial charge in [0.1, 0.15) is 11.8 Å². The van der Waals surface area contributed by atoms with Crippen LogP contribution in [0.25, 0.3) is 0 Å². The Morgan fingerprint density at radius 2 is 1.81 bits per heavy atom. The third kappa shape index (κ3) is 3.85. The van der Waals surface area contributed by atoms with Gasteiger partial charge in [-0.2, -0.15) is 4.31 Å². The first-order chi connectivity index (χ1) is 12.4. The van der Waals surface area contributed by atoms with E-state index in [0.29, 0.717) is 23.7 Å². The highest BCUT2D eigenvalue weighted by Gasteiger charge is 2.38. The molecule has 138 valence electrons. The lowest BCUT2D eigenvalue weighted by molar-refractivity contribution is -0.122. The Bertz CT molecular complexity index is 882. The molecule has 2 aromatic carbocycles. The molecule has 1 atom stereocenters. The van der Waals surface area contributed by atoms with Gasteiger partial charge in [-0.15, -0.1) is 0 Å². The molecule has 26 heavy (non-hydrogen) atoms. The number of hydrogen-bond donors (Lipinski definition) is 1. The molecule has 1 saturated heterocycles. The summed E-state index contributed by atoms with van der Waals surface area (Å²) in [6.07, 6.45) is 0.432. The molecule has 1 aliphatic heterocycles. The number of carbonyl (C=O) groups is 1. The van der Waals surface area contributed by atoms with Crippen LogP contribution in [-0.2, 0) is 21.4 Å². The van der Waals surface area contributed by atoms with Crippen molar-refractivity contribution in [1.29, 1.82) is 0 Å². The fourth-order valence-electron chi connectivity index (χ4n) is 2.87. The second-order valence-electron chi connectivity index (χ2n) is 5.95. The molecule has 1 fully saturated rings. The van der Waals surface area contributed by atoms with Crippen molar-refractivity contribution in [3.63, 3.8) is 0 Å². The number of amides is 1. The summed E-state index contributed by atoms with van der Waals surface area (Å²) < 4.78 is 32.7. The summed E-state index contributed by atoms with van der Waals surface area (Å²) in [6, 6.07) is 12.3. The second kappa shape index (κ2) is 7.65. The van der Waals surface area contributed by atoms with E-state index in [-0.39, 0.29) is 17.3 Å². The van der Waals surface area contributed by atoms with Gasteiger partial charge in [0.05, 0.1) is 12.0 Å². The van der Waals surface area contributed by atoms with Gasteiger partial charge < -0.3 is 10.1 Å². The van der Waals surface area contributed by atoms with Crippen LogP contribution in [0.1, 0.15) is 12.0 Å². The molecule has 1 N–H and O–H groups in total. The summed E-state index contributed by atoms with van der Waals surface area (Å²) >= 11 is 5.87. The Balaban J connectivity index is 1.96. The van der Waals surface area contributed by atoms with Crippen LogP contribution in [-0.4, -0.2) is 38.3 Å². The summed E-state index contributed by atoms with van der Waals surface area (Å²) in [6.45, 7) is 0.547. The van der Waals surface area contributed by atoms with Crippen molar-refractivity contribution in [3.8, 4) is 5.75 Å². The number of nitrogens with one attached hydrogen (secondary N) is 1. The molecule has 0 aliphatic carbocycles. The van der Waals surface area contributed by atoms with Crippen LogP contribution in [0.2, 0.25) is 5.02 Å². The highest BCUT2D eigenvalue weighted by atomic mass is 35.5. The molecule has 1 aliphatic rings. The highest BCUT2D eigenvalue weighted by Crippen LogP contribution is 2.26. The quantitative estimate of drug-likeness (QED) is 0.816. The normalized spacial score (nSPS) is 17.3. The minimum atomic E-state index is -3.87. The highest BCUT2D eigenvalue weighted by molar-refractivity contribution is 7.89. The van der Waals surface area contributed by atoms with Crippen molar-refractivity contribution < 1.29 is 17.9 Å². The SMILES string of the molecule is COc1ccc(CN(C2CCNC2=O)S(=O)(=O)c2ccc(Cl)cc2)cc1. The minimum Gasteiger partial charge on any atom is -0.497 e. The predicted molar refractivity (Wildman–Crippen MR) is 98.6 cm³/mol. The van der Waals surface area contributed by atoms with E-state index in [1.807, 2.05) is 0 Å². The fraction of sp³-hybridized carbons (Fsp3) is 0.278. The lowest BCUT2D eigenvalue weighted by atomic mass is 10.2. The summed E-state index contributed by atoms with van der Waals surface area (Å²) in [5.74, 6) is 0.399. The maximum Gasteiger partial charge on any atom is 0.244 e. The predicted octanol–water partition coefficient (Wildman–Crippen LogP) is 2.43. The summed E-state index contributed by atoms with van der Waals surface area (Å²) in [5, 5.41) is 3.15. The third-order valence-corrected chi connectivity index (χ3v) is 6.41. The molecule has 3 rings (SSSR count). The summed E-state index contributed by atoms with van der Waals surface area (Å²) in [4.78, 5) is 12.3. The van der Waals surface area contributed by atoms with Crippen molar-refractivity contribution in [2.24, 2.45) is 0 Å². The van der Waals surface area contributed by atoms with E-state index in [2.05, 4.69) is 5.32 Å². The van der Waals surface area contributed by atoms with Gasteiger partial charge >= 0.3 is 0 Å². The number of ether oxygens (including phenoxy) is 1. The summed E-state index contributed by atoms with van der Waals surface area (Å²) in [7, 11) is -2.30. The maximum atomic E-state index is 13.2. The number of carbonyl (C=O) groups excluding carboxylic acids is 1. The van der Waals surface area contributed by atoms with Crippen LogP contribution in [0.4, 0.5) is 0 Å². The molecule has 0 radical (unpaired) electrons. The first-order valence-electron chi connectivity index (χ1n) is 8.10. The van der Waals surface area contributed by atoms with Crippen LogP contribution in [0.5, 0.6) is 5.75 Å². The Labute approximate surface area is 157 Å². The first kappa shape index (κ1) is 18.7. The second-order valence-corrected chi connectivity index (χ2v) is 8.27. The zero-order valence-electron chi connectivity index (χ0n) is 14.2. The Morgan fingerprint density at radius 3 is 2.35 bits per heavy atom. The van der Waals surface area contributed by atoms with Crippen molar-refractivity contribution in [3.05, 3.63) is 59.1 Å². The number of halogens is 1.